The summed E-state index contributed by atoms with van der Waals surface area (Å²) >= 11 is 11.9. The van der Waals surface area contributed by atoms with E-state index in [4.69, 9.17) is 27.6 Å². The molecule has 2 amide bonds. The number of hydrogen-bond donors (Lipinski definition) is 2. The van der Waals surface area contributed by atoms with E-state index >= 15 is 0 Å². The second-order valence-electron chi connectivity index (χ2n) is 7.71. The maximum Gasteiger partial charge on any atom is 0.253 e. The number of carbonyl (C=O) groups is 2. The monoisotopic (exact) mass is 408 g/mol. The molecule has 0 bridgehead atoms. The summed E-state index contributed by atoms with van der Waals surface area (Å²) in [7, 11) is 0. The van der Waals surface area contributed by atoms with E-state index in [0.29, 0.717) is 5.02 Å². The standard InChI is InChI=1S/C20H22Cl2N2O3/c1-11-6-14-16(8-20(2,3)9-17(14)27-11)24-18(25)10-23-19(26)13-5-4-12(21)7-15(13)22/h4-7,16H,8-10H2,1-3H3,(H,23,26)(H,24,25). The number of furan rings is 1. The molecule has 27 heavy (non-hydrogen) atoms. The molecule has 3 rings (SSSR count). The van der Waals surface area contributed by atoms with Gasteiger partial charge in [-0.25, -0.2) is 0 Å². The van der Waals surface area contributed by atoms with Gasteiger partial charge in [0.15, 0.2) is 0 Å². The molecule has 1 aliphatic rings. The van der Waals surface area contributed by atoms with E-state index in [0.717, 1.165) is 29.9 Å². The number of aryl methyl sites for hydroxylation is 1. The zero-order chi connectivity index (χ0) is 19.8. The van der Waals surface area contributed by atoms with Crippen molar-refractivity contribution in [2.45, 2.75) is 39.7 Å². The van der Waals surface area contributed by atoms with Gasteiger partial charge in [0.05, 0.1) is 23.2 Å². The number of benzene rings is 1. The second kappa shape index (κ2) is 7.56. The predicted octanol–water partition coefficient (Wildman–Crippen LogP) is 4.45. The molecule has 0 radical (unpaired) electrons. The van der Waals surface area contributed by atoms with Crippen LogP contribution in [0.2, 0.25) is 10.0 Å². The molecule has 0 aliphatic heterocycles. The molecule has 1 aromatic carbocycles. The predicted molar refractivity (Wildman–Crippen MR) is 105 cm³/mol. The summed E-state index contributed by atoms with van der Waals surface area (Å²) in [6.07, 6.45) is 1.65. The zero-order valence-corrected chi connectivity index (χ0v) is 17.0. The molecule has 5 nitrogen and oxygen atoms in total. The molecule has 0 saturated heterocycles. The van der Waals surface area contributed by atoms with Crippen LogP contribution in [0.25, 0.3) is 0 Å². The highest BCUT2D eigenvalue weighted by atomic mass is 35.5. The average molecular weight is 409 g/mol. The third-order valence-electron chi connectivity index (χ3n) is 4.66. The Balaban J connectivity index is 1.63. The molecular formula is C20H22Cl2N2O3. The summed E-state index contributed by atoms with van der Waals surface area (Å²) in [4.78, 5) is 24.6. The quantitative estimate of drug-likeness (QED) is 0.784. The van der Waals surface area contributed by atoms with E-state index in [2.05, 4.69) is 24.5 Å². The Morgan fingerprint density at radius 1 is 1.26 bits per heavy atom. The van der Waals surface area contributed by atoms with Crippen molar-refractivity contribution in [2.24, 2.45) is 5.41 Å². The third kappa shape index (κ3) is 4.66. The zero-order valence-electron chi connectivity index (χ0n) is 15.5. The highest BCUT2D eigenvalue weighted by molar-refractivity contribution is 6.36. The fourth-order valence-electron chi connectivity index (χ4n) is 3.49. The van der Waals surface area contributed by atoms with Crippen molar-refractivity contribution in [1.29, 1.82) is 0 Å². The van der Waals surface area contributed by atoms with Gasteiger partial charge in [0, 0.05) is 17.0 Å². The van der Waals surface area contributed by atoms with Gasteiger partial charge in [0.2, 0.25) is 5.91 Å². The minimum atomic E-state index is -0.421. The van der Waals surface area contributed by atoms with Crippen LogP contribution in [0.5, 0.6) is 0 Å². The molecule has 1 aliphatic carbocycles. The Hall–Kier alpha value is -1.98. The van der Waals surface area contributed by atoms with E-state index in [1.807, 2.05) is 13.0 Å². The van der Waals surface area contributed by atoms with Gasteiger partial charge in [-0.05, 0) is 43.0 Å². The van der Waals surface area contributed by atoms with Gasteiger partial charge in [0.25, 0.3) is 5.91 Å². The fourth-order valence-corrected chi connectivity index (χ4v) is 3.98. The summed E-state index contributed by atoms with van der Waals surface area (Å²) in [5.41, 5.74) is 1.32. The van der Waals surface area contributed by atoms with Crippen molar-refractivity contribution in [3.63, 3.8) is 0 Å². The lowest BCUT2D eigenvalue weighted by Gasteiger charge is -2.34. The highest BCUT2D eigenvalue weighted by Crippen LogP contribution is 2.41. The first-order valence-corrected chi connectivity index (χ1v) is 9.52. The Bertz CT molecular complexity index is 889. The van der Waals surface area contributed by atoms with Crippen molar-refractivity contribution in [1.82, 2.24) is 10.6 Å². The minimum absolute atomic E-state index is 0.0231. The van der Waals surface area contributed by atoms with Gasteiger partial charge < -0.3 is 15.1 Å². The molecule has 2 N–H and O–H groups in total. The van der Waals surface area contributed by atoms with Crippen molar-refractivity contribution in [3.8, 4) is 0 Å². The number of amides is 2. The summed E-state index contributed by atoms with van der Waals surface area (Å²) in [5, 5.41) is 6.29. The Kier molecular flexibility index (Phi) is 5.54. The number of halogens is 2. The van der Waals surface area contributed by atoms with Crippen molar-refractivity contribution >= 4 is 35.0 Å². The second-order valence-corrected chi connectivity index (χ2v) is 8.55. The molecule has 1 atom stereocenters. The van der Waals surface area contributed by atoms with Gasteiger partial charge in [0.1, 0.15) is 11.5 Å². The molecule has 1 aromatic heterocycles. The minimum Gasteiger partial charge on any atom is -0.466 e. The van der Waals surface area contributed by atoms with Crippen LogP contribution in [0, 0.1) is 12.3 Å². The van der Waals surface area contributed by atoms with E-state index < -0.39 is 5.91 Å². The lowest BCUT2D eigenvalue weighted by Crippen LogP contribution is -2.41. The smallest absolute Gasteiger partial charge is 0.253 e. The molecule has 7 heteroatoms. The molecule has 0 saturated carbocycles. The molecule has 1 heterocycles. The van der Waals surface area contributed by atoms with Gasteiger partial charge in [-0.1, -0.05) is 37.0 Å². The van der Waals surface area contributed by atoms with Gasteiger partial charge in [-0.15, -0.1) is 0 Å². The number of fused-ring (bicyclic) bond motifs is 1. The first-order valence-electron chi connectivity index (χ1n) is 8.76. The SMILES string of the molecule is Cc1cc2c(o1)CC(C)(C)CC2NC(=O)CNC(=O)c1ccc(Cl)cc1Cl. The largest absolute Gasteiger partial charge is 0.466 e. The average Bonchev–Trinajstić information content (AvgIpc) is 2.91. The number of nitrogens with one attached hydrogen (secondary N) is 2. The van der Waals surface area contributed by atoms with E-state index in [1.54, 1.807) is 6.07 Å². The van der Waals surface area contributed by atoms with Crippen LogP contribution in [0.1, 0.15) is 53.8 Å². The van der Waals surface area contributed by atoms with E-state index in [1.165, 1.54) is 12.1 Å². The molecule has 144 valence electrons. The van der Waals surface area contributed by atoms with Gasteiger partial charge in [-0.3, -0.25) is 9.59 Å². The fraction of sp³-hybridized carbons (Fsp3) is 0.400. The molecular weight excluding hydrogens is 387 g/mol. The summed E-state index contributed by atoms with van der Waals surface area (Å²) in [6.45, 7) is 6.07. The highest BCUT2D eigenvalue weighted by Gasteiger charge is 2.35. The Morgan fingerprint density at radius 2 is 2.00 bits per heavy atom. The molecule has 1 unspecified atom stereocenters. The number of rotatable bonds is 4. The van der Waals surface area contributed by atoms with Crippen LogP contribution in [0.3, 0.4) is 0 Å². The van der Waals surface area contributed by atoms with Crippen molar-refractivity contribution in [3.05, 3.63) is 57.0 Å². The van der Waals surface area contributed by atoms with Crippen LogP contribution in [0.4, 0.5) is 0 Å². The maximum atomic E-state index is 12.4. The summed E-state index contributed by atoms with van der Waals surface area (Å²) in [5.74, 6) is 1.07. The summed E-state index contributed by atoms with van der Waals surface area (Å²) in [6, 6.07) is 6.44. The van der Waals surface area contributed by atoms with Crippen molar-refractivity contribution in [2.75, 3.05) is 6.54 Å². The van der Waals surface area contributed by atoms with Crippen LogP contribution in [-0.2, 0) is 11.2 Å². The summed E-state index contributed by atoms with van der Waals surface area (Å²) < 4.78 is 5.79. The van der Waals surface area contributed by atoms with Gasteiger partial charge in [-0.2, -0.15) is 0 Å². The first-order chi connectivity index (χ1) is 12.6. The van der Waals surface area contributed by atoms with Crippen LogP contribution in [0.15, 0.2) is 28.7 Å². The Morgan fingerprint density at radius 3 is 2.70 bits per heavy atom. The Labute approximate surface area is 168 Å². The normalized spacial score (nSPS) is 17.9. The lowest BCUT2D eigenvalue weighted by molar-refractivity contribution is -0.121. The van der Waals surface area contributed by atoms with Crippen molar-refractivity contribution < 1.29 is 14.0 Å². The van der Waals surface area contributed by atoms with Crippen LogP contribution < -0.4 is 10.6 Å². The maximum absolute atomic E-state index is 12.4. The molecule has 2 aromatic rings. The van der Waals surface area contributed by atoms with Crippen LogP contribution >= 0.6 is 23.2 Å². The molecule has 0 fully saturated rings. The first kappa shape index (κ1) is 19.8. The van der Waals surface area contributed by atoms with E-state index in [9.17, 15) is 9.59 Å². The van der Waals surface area contributed by atoms with Crippen LogP contribution in [-0.4, -0.2) is 18.4 Å². The lowest BCUT2D eigenvalue weighted by atomic mass is 9.74. The third-order valence-corrected chi connectivity index (χ3v) is 5.20. The molecule has 0 spiro atoms. The number of hydrogen-bond acceptors (Lipinski definition) is 3. The van der Waals surface area contributed by atoms with E-state index in [-0.39, 0.29) is 34.5 Å². The topological polar surface area (TPSA) is 71.3 Å². The van der Waals surface area contributed by atoms with Gasteiger partial charge >= 0.3 is 0 Å². The number of carbonyl (C=O) groups excluding carboxylic acids is 2.